The molecule has 0 radical (unpaired) electrons. The maximum absolute atomic E-state index is 13.9. The van der Waals surface area contributed by atoms with Crippen LogP contribution in [0.25, 0.3) is 10.9 Å². The molecule has 3 aromatic rings. The van der Waals surface area contributed by atoms with Crippen LogP contribution in [0.4, 0.5) is 4.39 Å². The van der Waals surface area contributed by atoms with Crippen molar-refractivity contribution in [3.63, 3.8) is 0 Å². The average molecular weight is 484 g/mol. The van der Waals surface area contributed by atoms with E-state index in [1.54, 1.807) is 19.1 Å². The minimum Gasteiger partial charge on any atom is -0.358 e. The van der Waals surface area contributed by atoms with Crippen molar-refractivity contribution < 1.29 is 17.6 Å². The summed E-state index contributed by atoms with van der Waals surface area (Å²) >= 11 is 0. The predicted molar refractivity (Wildman–Crippen MR) is 130 cm³/mol. The number of hydrogen-bond donors (Lipinski definition) is 2. The summed E-state index contributed by atoms with van der Waals surface area (Å²) in [5.74, 6) is 0.185. The number of carbonyl (C=O) groups excluding carboxylic acids is 1. The Morgan fingerprint density at radius 3 is 2.68 bits per heavy atom. The molecule has 0 bridgehead atoms. The first-order valence-corrected chi connectivity index (χ1v) is 13.4. The smallest absolute Gasteiger partial charge is 0.240 e. The van der Waals surface area contributed by atoms with Crippen LogP contribution in [-0.2, 0) is 23.0 Å². The Hall–Kier alpha value is -2.55. The van der Waals surface area contributed by atoms with Gasteiger partial charge in [-0.25, -0.2) is 17.5 Å². The van der Waals surface area contributed by atoms with E-state index < -0.39 is 10.0 Å². The molecule has 8 heteroatoms. The van der Waals surface area contributed by atoms with Crippen LogP contribution in [0.3, 0.4) is 0 Å². The van der Waals surface area contributed by atoms with Gasteiger partial charge < -0.3 is 4.98 Å². The van der Waals surface area contributed by atoms with Crippen molar-refractivity contribution >= 4 is 26.7 Å². The van der Waals surface area contributed by atoms with E-state index in [4.69, 9.17) is 0 Å². The van der Waals surface area contributed by atoms with Gasteiger partial charge >= 0.3 is 0 Å². The summed E-state index contributed by atoms with van der Waals surface area (Å²) in [5, 5.41) is 0.818. The summed E-state index contributed by atoms with van der Waals surface area (Å²) in [6, 6.07) is 10.3. The normalized spacial score (nSPS) is 17.9. The van der Waals surface area contributed by atoms with Crippen molar-refractivity contribution in [2.24, 2.45) is 5.92 Å². The molecule has 1 fully saturated rings. The van der Waals surface area contributed by atoms with Crippen molar-refractivity contribution in [3.05, 3.63) is 64.6 Å². The van der Waals surface area contributed by atoms with Gasteiger partial charge in [0.2, 0.25) is 10.0 Å². The Morgan fingerprint density at radius 2 is 1.91 bits per heavy atom. The third-order valence-electron chi connectivity index (χ3n) is 7.19. The first-order valence-electron chi connectivity index (χ1n) is 12.0. The molecule has 6 nitrogen and oxygen atoms in total. The second-order valence-electron chi connectivity index (χ2n) is 9.58. The fourth-order valence-electron chi connectivity index (χ4n) is 5.25. The van der Waals surface area contributed by atoms with E-state index in [0.717, 1.165) is 55.4 Å². The van der Waals surface area contributed by atoms with Gasteiger partial charge in [-0.1, -0.05) is 18.2 Å². The summed E-state index contributed by atoms with van der Waals surface area (Å²) in [6.45, 7) is 4.36. The molecule has 1 aliphatic heterocycles. The molecule has 0 saturated carbocycles. The fourth-order valence-corrected chi connectivity index (χ4v) is 6.62. The van der Waals surface area contributed by atoms with Gasteiger partial charge in [-0.05, 0) is 75.4 Å². The third kappa shape index (κ3) is 4.54. The number of benzene rings is 2. The SMILES string of the molecule is Cc1cc2c3c([nH]c2cc1S(=O)(=O)NCC1CCN(Cc2ccccc2F)CC1)CCCC3=O. The molecule has 0 spiro atoms. The zero-order valence-corrected chi connectivity index (χ0v) is 20.2. The highest BCUT2D eigenvalue weighted by Crippen LogP contribution is 2.32. The first kappa shape index (κ1) is 23.2. The summed E-state index contributed by atoms with van der Waals surface area (Å²) < 4.78 is 43.0. The number of nitrogens with zero attached hydrogens (tertiary/aromatic N) is 1. The van der Waals surface area contributed by atoms with Gasteiger partial charge in [0.1, 0.15) is 5.82 Å². The molecule has 180 valence electrons. The van der Waals surface area contributed by atoms with E-state index in [9.17, 15) is 17.6 Å². The zero-order chi connectivity index (χ0) is 23.9. The molecule has 1 saturated heterocycles. The Kier molecular flexibility index (Phi) is 6.31. The number of piperidine rings is 1. The molecule has 0 unspecified atom stereocenters. The number of aromatic amines is 1. The number of likely N-dealkylation sites (tertiary alicyclic amines) is 1. The molecule has 34 heavy (non-hydrogen) atoms. The predicted octanol–water partition coefficient (Wildman–Crippen LogP) is 4.32. The van der Waals surface area contributed by atoms with Gasteiger partial charge in [0.25, 0.3) is 0 Å². The van der Waals surface area contributed by atoms with E-state index in [2.05, 4.69) is 14.6 Å². The van der Waals surface area contributed by atoms with Crippen LogP contribution < -0.4 is 4.72 Å². The van der Waals surface area contributed by atoms with Crippen LogP contribution in [0, 0.1) is 18.7 Å². The first-order chi connectivity index (χ1) is 16.3. The Morgan fingerprint density at radius 1 is 1.15 bits per heavy atom. The number of halogens is 1. The Labute approximate surface area is 199 Å². The number of rotatable bonds is 6. The maximum Gasteiger partial charge on any atom is 0.240 e. The quantitative estimate of drug-likeness (QED) is 0.547. The highest BCUT2D eigenvalue weighted by atomic mass is 32.2. The monoisotopic (exact) mass is 483 g/mol. The van der Waals surface area contributed by atoms with Gasteiger partial charge in [0.05, 0.1) is 4.90 Å². The number of H-pyrrole nitrogens is 1. The number of carbonyl (C=O) groups is 1. The standard InChI is InChI=1S/C26H30FN3O3S/c1-17-13-20-23(29-22-7-4-8-24(31)26(20)22)14-25(17)34(32,33)28-15-18-9-11-30(12-10-18)16-19-5-2-3-6-21(19)27/h2-3,5-6,13-14,18,28-29H,4,7-12,15-16H2,1H3. The lowest BCUT2D eigenvalue weighted by Gasteiger charge is -2.32. The van der Waals surface area contributed by atoms with E-state index >= 15 is 0 Å². The van der Waals surface area contributed by atoms with E-state index in [-0.39, 0.29) is 22.4 Å². The lowest BCUT2D eigenvalue weighted by atomic mass is 9.94. The van der Waals surface area contributed by atoms with E-state index in [1.165, 1.54) is 6.07 Å². The van der Waals surface area contributed by atoms with Crippen molar-refractivity contribution in [1.82, 2.24) is 14.6 Å². The summed E-state index contributed by atoms with van der Waals surface area (Å²) in [6.07, 6.45) is 3.90. The highest BCUT2D eigenvalue weighted by Gasteiger charge is 2.26. The van der Waals surface area contributed by atoms with Crippen LogP contribution in [0.2, 0.25) is 0 Å². The zero-order valence-electron chi connectivity index (χ0n) is 19.4. The van der Waals surface area contributed by atoms with Crippen LogP contribution in [0.1, 0.15) is 52.9 Å². The number of Topliss-reactive ketones (excluding diaryl/α,β-unsaturated/α-hetero) is 1. The molecule has 1 aromatic heterocycles. The molecule has 2 heterocycles. The Bertz CT molecular complexity index is 1340. The van der Waals surface area contributed by atoms with Crippen LogP contribution in [0.15, 0.2) is 41.3 Å². The average Bonchev–Trinajstić information content (AvgIpc) is 3.18. The van der Waals surface area contributed by atoms with Crippen LogP contribution >= 0.6 is 0 Å². The highest BCUT2D eigenvalue weighted by molar-refractivity contribution is 7.89. The number of hydrogen-bond acceptors (Lipinski definition) is 4. The molecule has 1 aliphatic carbocycles. The van der Waals surface area contributed by atoms with E-state index in [1.807, 2.05) is 18.2 Å². The van der Waals surface area contributed by atoms with Gasteiger partial charge in [0, 0.05) is 47.2 Å². The van der Waals surface area contributed by atoms with Gasteiger partial charge in [-0.15, -0.1) is 0 Å². The molecule has 2 N–H and O–H groups in total. The summed E-state index contributed by atoms with van der Waals surface area (Å²) in [4.78, 5) is 18.1. The summed E-state index contributed by atoms with van der Waals surface area (Å²) in [5.41, 5.74) is 3.67. The van der Waals surface area contributed by atoms with Gasteiger partial charge in [-0.3, -0.25) is 9.69 Å². The number of aryl methyl sites for hydroxylation is 2. The molecule has 0 atom stereocenters. The maximum atomic E-state index is 13.9. The number of ketones is 1. The molecule has 2 aliphatic rings. The third-order valence-corrected chi connectivity index (χ3v) is 8.76. The lowest BCUT2D eigenvalue weighted by Crippen LogP contribution is -2.38. The van der Waals surface area contributed by atoms with Crippen molar-refractivity contribution in [3.8, 4) is 0 Å². The van der Waals surface area contributed by atoms with Gasteiger partial charge in [0.15, 0.2) is 5.78 Å². The van der Waals surface area contributed by atoms with Crippen molar-refractivity contribution in [1.29, 1.82) is 0 Å². The summed E-state index contributed by atoms with van der Waals surface area (Å²) in [7, 11) is -3.68. The van der Waals surface area contributed by atoms with E-state index in [0.29, 0.717) is 36.2 Å². The molecule has 2 aromatic carbocycles. The van der Waals surface area contributed by atoms with Crippen molar-refractivity contribution in [2.75, 3.05) is 19.6 Å². The Balaban J connectivity index is 1.23. The van der Waals surface area contributed by atoms with Crippen molar-refractivity contribution in [2.45, 2.75) is 50.5 Å². The number of sulfonamides is 1. The van der Waals surface area contributed by atoms with Gasteiger partial charge in [-0.2, -0.15) is 0 Å². The second kappa shape index (κ2) is 9.24. The molecule has 5 rings (SSSR count). The molecule has 0 amide bonds. The number of fused-ring (bicyclic) bond motifs is 3. The van der Waals surface area contributed by atoms with Crippen LogP contribution in [-0.4, -0.2) is 43.7 Å². The number of aromatic nitrogens is 1. The minimum atomic E-state index is -3.68. The largest absolute Gasteiger partial charge is 0.358 e. The topological polar surface area (TPSA) is 82.3 Å². The number of nitrogens with one attached hydrogen (secondary N) is 2. The molecular formula is C26H30FN3O3S. The lowest BCUT2D eigenvalue weighted by molar-refractivity contribution is 0.0974. The van der Waals surface area contributed by atoms with Crippen LogP contribution in [0.5, 0.6) is 0 Å². The molecular weight excluding hydrogens is 453 g/mol. The second-order valence-corrected chi connectivity index (χ2v) is 11.3. The minimum absolute atomic E-state index is 0.127. The fraction of sp³-hybridized carbons (Fsp3) is 0.423.